The number of benzene rings is 1. The van der Waals surface area contributed by atoms with Crippen LogP contribution in [0.2, 0.25) is 0 Å². The highest BCUT2D eigenvalue weighted by molar-refractivity contribution is 7.14. The Morgan fingerprint density at radius 2 is 2.18 bits per heavy atom. The lowest BCUT2D eigenvalue weighted by molar-refractivity contribution is -0.121. The lowest BCUT2D eigenvalue weighted by Gasteiger charge is -2.25. The van der Waals surface area contributed by atoms with Gasteiger partial charge in [-0.25, -0.2) is 4.98 Å². The van der Waals surface area contributed by atoms with E-state index >= 15 is 0 Å². The molecule has 1 amide bonds. The second-order valence-electron chi connectivity index (χ2n) is 5.53. The zero-order valence-corrected chi connectivity index (χ0v) is 13.5. The van der Waals surface area contributed by atoms with E-state index in [1.54, 1.807) is 4.90 Å². The Bertz CT molecular complexity index is 621. The van der Waals surface area contributed by atoms with Gasteiger partial charge in [0.2, 0.25) is 5.91 Å². The number of carbonyl (C=O) groups is 1. The summed E-state index contributed by atoms with van der Waals surface area (Å²) >= 11 is 1.50. The molecule has 1 aliphatic rings. The first-order valence-electron chi connectivity index (χ1n) is 7.66. The number of nitrogens with zero attached hydrogens (tertiary/aromatic N) is 2. The molecule has 1 aliphatic heterocycles. The molecule has 5 heteroatoms. The van der Waals surface area contributed by atoms with Crippen molar-refractivity contribution in [3.63, 3.8) is 0 Å². The summed E-state index contributed by atoms with van der Waals surface area (Å²) in [6.45, 7) is 2.71. The Morgan fingerprint density at radius 1 is 1.36 bits per heavy atom. The van der Waals surface area contributed by atoms with Crippen molar-refractivity contribution in [2.24, 2.45) is 0 Å². The van der Waals surface area contributed by atoms with Crippen LogP contribution in [-0.4, -0.2) is 23.6 Å². The van der Waals surface area contributed by atoms with Crippen molar-refractivity contribution in [3.8, 4) is 0 Å². The van der Waals surface area contributed by atoms with E-state index in [1.807, 2.05) is 42.6 Å². The van der Waals surface area contributed by atoms with Crippen LogP contribution < -0.4 is 4.90 Å². The quantitative estimate of drug-likeness (QED) is 0.853. The van der Waals surface area contributed by atoms with E-state index in [9.17, 15) is 4.79 Å². The molecular formula is C17H20N2O2S. The van der Waals surface area contributed by atoms with Gasteiger partial charge in [0.05, 0.1) is 23.9 Å². The molecule has 1 unspecified atom stereocenters. The van der Waals surface area contributed by atoms with E-state index in [-0.39, 0.29) is 12.0 Å². The van der Waals surface area contributed by atoms with Crippen molar-refractivity contribution < 1.29 is 9.53 Å². The molecule has 0 bridgehead atoms. The Labute approximate surface area is 134 Å². The number of rotatable bonds is 4. The van der Waals surface area contributed by atoms with Gasteiger partial charge in [-0.1, -0.05) is 18.2 Å². The van der Waals surface area contributed by atoms with Gasteiger partial charge in [0, 0.05) is 12.0 Å². The third kappa shape index (κ3) is 3.54. The predicted octanol–water partition coefficient (Wildman–Crippen LogP) is 4.08. The molecule has 0 N–H and O–H groups in total. The molecular weight excluding hydrogens is 296 g/mol. The number of carbonyl (C=O) groups excluding carboxylic acids is 1. The fourth-order valence-corrected chi connectivity index (χ4v) is 3.47. The number of amides is 1. The zero-order chi connectivity index (χ0) is 15.4. The number of para-hydroxylation sites is 1. The molecule has 0 saturated carbocycles. The minimum Gasteiger partial charge on any atom is -0.378 e. The highest BCUT2D eigenvalue weighted by atomic mass is 32.1. The molecule has 2 heterocycles. The van der Waals surface area contributed by atoms with E-state index in [4.69, 9.17) is 4.74 Å². The Morgan fingerprint density at radius 3 is 2.82 bits per heavy atom. The van der Waals surface area contributed by atoms with Crippen molar-refractivity contribution in [1.29, 1.82) is 0 Å². The minimum absolute atomic E-state index is 0.0357. The fraction of sp³-hybridized carbons (Fsp3) is 0.412. The normalized spacial score (nSPS) is 18.1. The van der Waals surface area contributed by atoms with E-state index in [1.165, 1.54) is 11.3 Å². The van der Waals surface area contributed by atoms with Crippen LogP contribution in [-0.2, 0) is 9.53 Å². The maximum Gasteiger partial charge on any atom is 0.235 e. The number of hydrogen-bond donors (Lipinski definition) is 0. The number of hydrogen-bond acceptors (Lipinski definition) is 4. The smallest absolute Gasteiger partial charge is 0.235 e. The Balaban J connectivity index is 1.83. The number of aryl methyl sites for hydroxylation is 1. The average molecular weight is 316 g/mol. The van der Waals surface area contributed by atoms with Crippen LogP contribution in [0.3, 0.4) is 0 Å². The van der Waals surface area contributed by atoms with Gasteiger partial charge in [-0.15, -0.1) is 11.3 Å². The van der Waals surface area contributed by atoms with E-state index in [0.29, 0.717) is 6.42 Å². The monoisotopic (exact) mass is 316 g/mol. The molecule has 1 aromatic carbocycles. The predicted molar refractivity (Wildman–Crippen MR) is 88.6 cm³/mol. The number of thiazole rings is 1. The Kier molecular flexibility index (Phi) is 4.85. The van der Waals surface area contributed by atoms with Crippen molar-refractivity contribution in [3.05, 3.63) is 41.4 Å². The van der Waals surface area contributed by atoms with E-state index in [2.05, 4.69) is 4.98 Å². The largest absolute Gasteiger partial charge is 0.378 e. The molecule has 22 heavy (non-hydrogen) atoms. The van der Waals surface area contributed by atoms with Gasteiger partial charge in [0.25, 0.3) is 0 Å². The van der Waals surface area contributed by atoms with Gasteiger partial charge in [0.15, 0.2) is 5.13 Å². The van der Waals surface area contributed by atoms with Crippen LogP contribution >= 0.6 is 11.3 Å². The lowest BCUT2D eigenvalue weighted by atomic mass is 10.1. The van der Waals surface area contributed by atoms with Gasteiger partial charge in [0.1, 0.15) is 0 Å². The molecule has 0 radical (unpaired) electrons. The van der Waals surface area contributed by atoms with E-state index in [0.717, 1.165) is 42.4 Å². The summed E-state index contributed by atoms with van der Waals surface area (Å²) in [6, 6.07) is 9.70. The van der Waals surface area contributed by atoms with Gasteiger partial charge in [-0.05, 0) is 38.3 Å². The van der Waals surface area contributed by atoms with Crippen LogP contribution in [0.1, 0.15) is 31.4 Å². The standard InChI is InChI=1S/C17H20N2O2S/c1-13-12-22-17(18-13)19(14-7-3-2-4-8-14)16(20)11-15-9-5-6-10-21-15/h2-4,7-8,12,15H,5-6,9-11H2,1H3. The molecule has 116 valence electrons. The summed E-state index contributed by atoms with van der Waals surface area (Å²) in [5.41, 5.74) is 1.79. The number of anilines is 2. The first-order chi connectivity index (χ1) is 10.7. The van der Waals surface area contributed by atoms with Crippen molar-refractivity contribution in [1.82, 2.24) is 4.98 Å². The molecule has 1 fully saturated rings. The molecule has 1 atom stereocenters. The first kappa shape index (κ1) is 15.2. The molecule has 3 rings (SSSR count). The van der Waals surface area contributed by atoms with Crippen molar-refractivity contribution >= 4 is 28.1 Å². The third-order valence-electron chi connectivity index (χ3n) is 3.74. The van der Waals surface area contributed by atoms with Crippen LogP contribution in [0.25, 0.3) is 0 Å². The molecule has 2 aromatic rings. The second kappa shape index (κ2) is 7.03. The maximum atomic E-state index is 12.8. The summed E-state index contributed by atoms with van der Waals surface area (Å²) in [5, 5.41) is 2.69. The van der Waals surface area contributed by atoms with Gasteiger partial charge >= 0.3 is 0 Å². The highest BCUT2D eigenvalue weighted by Crippen LogP contribution is 2.30. The highest BCUT2D eigenvalue weighted by Gasteiger charge is 2.25. The van der Waals surface area contributed by atoms with Gasteiger partial charge < -0.3 is 4.74 Å². The third-order valence-corrected chi connectivity index (χ3v) is 4.68. The van der Waals surface area contributed by atoms with Crippen LogP contribution in [0.4, 0.5) is 10.8 Å². The summed E-state index contributed by atoms with van der Waals surface area (Å²) in [4.78, 5) is 19.0. The Hall–Kier alpha value is -1.72. The molecule has 4 nitrogen and oxygen atoms in total. The molecule has 1 aromatic heterocycles. The average Bonchev–Trinajstić information content (AvgIpc) is 2.95. The fourth-order valence-electron chi connectivity index (χ4n) is 2.64. The topological polar surface area (TPSA) is 42.4 Å². The maximum absolute atomic E-state index is 12.8. The summed E-state index contributed by atoms with van der Waals surface area (Å²) in [7, 11) is 0. The zero-order valence-electron chi connectivity index (χ0n) is 12.7. The molecule has 0 spiro atoms. The number of aromatic nitrogens is 1. The SMILES string of the molecule is Cc1csc(N(C(=O)CC2CCCCO2)c2ccccc2)n1. The van der Waals surface area contributed by atoms with Crippen molar-refractivity contribution in [2.45, 2.75) is 38.7 Å². The summed E-state index contributed by atoms with van der Waals surface area (Å²) in [6.07, 6.45) is 3.64. The van der Waals surface area contributed by atoms with Crippen LogP contribution in [0.5, 0.6) is 0 Å². The van der Waals surface area contributed by atoms with Gasteiger partial charge in [-0.3, -0.25) is 9.69 Å². The molecule has 0 aliphatic carbocycles. The number of ether oxygens (including phenoxy) is 1. The summed E-state index contributed by atoms with van der Waals surface area (Å²) < 4.78 is 5.71. The van der Waals surface area contributed by atoms with Crippen LogP contribution in [0, 0.1) is 6.92 Å². The lowest BCUT2D eigenvalue weighted by Crippen LogP contribution is -2.31. The second-order valence-corrected chi connectivity index (χ2v) is 6.37. The van der Waals surface area contributed by atoms with E-state index < -0.39 is 0 Å². The minimum atomic E-state index is 0.0357. The first-order valence-corrected chi connectivity index (χ1v) is 8.54. The van der Waals surface area contributed by atoms with Gasteiger partial charge in [-0.2, -0.15) is 0 Å². The van der Waals surface area contributed by atoms with Crippen molar-refractivity contribution in [2.75, 3.05) is 11.5 Å². The summed E-state index contributed by atoms with van der Waals surface area (Å²) in [5.74, 6) is 0.0486. The molecule has 1 saturated heterocycles. The van der Waals surface area contributed by atoms with Crippen LogP contribution in [0.15, 0.2) is 35.7 Å².